The summed E-state index contributed by atoms with van der Waals surface area (Å²) in [5.74, 6) is 0.817. The average Bonchev–Trinajstić information content (AvgIpc) is 2.71. The lowest BCUT2D eigenvalue weighted by molar-refractivity contribution is 1.05. The van der Waals surface area contributed by atoms with E-state index in [-0.39, 0.29) is 0 Å². The molecule has 2 aromatic heterocycles. The van der Waals surface area contributed by atoms with Gasteiger partial charge in [-0.15, -0.1) is 16.4 Å². The summed E-state index contributed by atoms with van der Waals surface area (Å²) < 4.78 is 0. The van der Waals surface area contributed by atoms with Gasteiger partial charge < -0.3 is 11.1 Å². The predicted molar refractivity (Wildman–Crippen MR) is 50.2 cm³/mol. The van der Waals surface area contributed by atoms with Gasteiger partial charge in [0.25, 0.3) is 0 Å². The minimum Gasteiger partial charge on any atom is -0.368 e. The zero-order chi connectivity index (χ0) is 9.10. The number of hydrogen-bond donors (Lipinski definition) is 3. The highest BCUT2D eigenvalue weighted by molar-refractivity contribution is 7.09. The summed E-state index contributed by atoms with van der Waals surface area (Å²) in [5, 5.41) is 9.37. The van der Waals surface area contributed by atoms with Crippen LogP contribution < -0.4 is 11.1 Å². The maximum atomic E-state index is 5.35. The lowest BCUT2D eigenvalue weighted by Gasteiger charge is -1.95. The Balaban J connectivity index is 1.93. The van der Waals surface area contributed by atoms with Crippen LogP contribution in [0, 0.1) is 0 Å². The Kier molecular flexibility index (Phi) is 2.09. The topological polar surface area (TPSA) is 92.5 Å². The second kappa shape index (κ2) is 3.40. The van der Waals surface area contributed by atoms with Crippen LogP contribution in [0.4, 0.5) is 11.9 Å². The van der Waals surface area contributed by atoms with Crippen molar-refractivity contribution in [2.24, 2.45) is 0 Å². The number of rotatable bonds is 3. The van der Waals surface area contributed by atoms with Gasteiger partial charge in [-0.25, -0.2) is 5.10 Å². The minimum atomic E-state index is 0.312. The number of nitrogens with one attached hydrogen (secondary N) is 2. The van der Waals surface area contributed by atoms with E-state index in [1.54, 1.807) is 23.0 Å². The number of H-pyrrole nitrogens is 1. The molecule has 0 saturated carbocycles. The molecule has 2 aromatic rings. The first-order chi connectivity index (χ1) is 6.34. The fourth-order valence-electron chi connectivity index (χ4n) is 0.849. The quantitative estimate of drug-likeness (QED) is 0.663. The maximum Gasteiger partial charge on any atom is 0.243 e. The van der Waals surface area contributed by atoms with Crippen LogP contribution in [0.2, 0.25) is 0 Å². The SMILES string of the molecule is Nc1nc(NCc2cncs2)n[nH]1. The Morgan fingerprint density at radius 1 is 1.62 bits per heavy atom. The zero-order valence-electron chi connectivity index (χ0n) is 6.69. The van der Waals surface area contributed by atoms with Gasteiger partial charge in [-0.2, -0.15) is 4.98 Å². The first-order valence-corrected chi connectivity index (χ1v) is 4.51. The molecule has 0 fully saturated rings. The molecule has 0 bridgehead atoms. The molecule has 0 aliphatic heterocycles. The molecule has 0 aromatic carbocycles. The molecule has 6 nitrogen and oxygen atoms in total. The van der Waals surface area contributed by atoms with E-state index in [9.17, 15) is 0 Å². The van der Waals surface area contributed by atoms with Crippen LogP contribution in [0.3, 0.4) is 0 Å². The highest BCUT2D eigenvalue weighted by atomic mass is 32.1. The molecule has 13 heavy (non-hydrogen) atoms. The summed E-state index contributed by atoms with van der Waals surface area (Å²) in [6.45, 7) is 0.669. The van der Waals surface area contributed by atoms with Crippen LogP contribution in [0.25, 0.3) is 0 Å². The number of thiazole rings is 1. The third-order valence-corrected chi connectivity index (χ3v) is 2.19. The van der Waals surface area contributed by atoms with Gasteiger partial charge in [-0.1, -0.05) is 0 Å². The number of nitrogens with two attached hydrogens (primary N) is 1. The average molecular weight is 196 g/mol. The van der Waals surface area contributed by atoms with Gasteiger partial charge in [-0.3, -0.25) is 4.98 Å². The molecule has 7 heteroatoms. The lowest BCUT2D eigenvalue weighted by Crippen LogP contribution is -1.99. The number of nitrogens with zero attached hydrogens (tertiary/aromatic N) is 3. The van der Waals surface area contributed by atoms with E-state index in [2.05, 4.69) is 25.5 Å². The van der Waals surface area contributed by atoms with Crippen LogP contribution in [0.1, 0.15) is 4.88 Å². The van der Waals surface area contributed by atoms with E-state index in [0.29, 0.717) is 18.4 Å². The van der Waals surface area contributed by atoms with Crippen molar-refractivity contribution in [2.45, 2.75) is 6.54 Å². The fourth-order valence-corrected chi connectivity index (χ4v) is 1.38. The van der Waals surface area contributed by atoms with E-state index >= 15 is 0 Å². The number of hydrogen-bond acceptors (Lipinski definition) is 6. The van der Waals surface area contributed by atoms with Crippen LogP contribution >= 0.6 is 11.3 Å². The Bertz CT molecular complexity index is 366. The third kappa shape index (κ3) is 1.94. The molecular weight excluding hydrogens is 188 g/mol. The van der Waals surface area contributed by atoms with Gasteiger partial charge >= 0.3 is 0 Å². The predicted octanol–water partition coefficient (Wildman–Crippen LogP) is 0.455. The molecule has 68 valence electrons. The van der Waals surface area contributed by atoms with Gasteiger partial charge in [0.05, 0.1) is 12.1 Å². The molecular formula is C6H8N6S. The Morgan fingerprint density at radius 3 is 3.15 bits per heavy atom. The van der Waals surface area contributed by atoms with Crippen LogP contribution in [-0.4, -0.2) is 20.2 Å². The summed E-state index contributed by atoms with van der Waals surface area (Å²) in [4.78, 5) is 8.97. The molecule has 0 aliphatic carbocycles. The van der Waals surface area contributed by atoms with Crippen molar-refractivity contribution >= 4 is 23.2 Å². The fraction of sp³-hybridized carbons (Fsp3) is 0.167. The molecule has 0 amide bonds. The van der Waals surface area contributed by atoms with Crippen molar-refractivity contribution in [1.82, 2.24) is 20.2 Å². The normalized spacial score (nSPS) is 10.2. The van der Waals surface area contributed by atoms with E-state index in [1.165, 1.54) is 0 Å². The van der Waals surface area contributed by atoms with Crippen molar-refractivity contribution in [3.05, 3.63) is 16.6 Å². The van der Waals surface area contributed by atoms with Gasteiger partial charge in [0.1, 0.15) is 0 Å². The van der Waals surface area contributed by atoms with Gasteiger partial charge in [-0.05, 0) is 0 Å². The Morgan fingerprint density at radius 2 is 2.54 bits per heavy atom. The number of anilines is 2. The molecule has 0 radical (unpaired) electrons. The standard InChI is InChI=1S/C6H8N6S/c7-5-10-6(12-11-5)9-2-4-1-8-3-13-4/h1,3H,2H2,(H4,7,9,10,11,12). The highest BCUT2D eigenvalue weighted by Crippen LogP contribution is 2.07. The van der Waals surface area contributed by atoms with E-state index < -0.39 is 0 Å². The van der Waals surface area contributed by atoms with Crippen molar-refractivity contribution in [2.75, 3.05) is 11.1 Å². The van der Waals surface area contributed by atoms with Crippen LogP contribution in [0.15, 0.2) is 11.7 Å². The first kappa shape index (κ1) is 7.99. The van der Waals surface area contributed by atoms with Crippen LogP contribution in [-0.2, 0) is 6.54 Å². The molecule has 2 rings (SSSR count). The summed E-state index contributed by atoms with van der Waals surface area (Å²) in [6, 6.07) is 0. The van der Waals surface area contributed by atoms with Crippen LogP contribution in [0.5, 0.6) is 0 Å². The van der Waals surface area contributed by atoms with Crippen molar-refractivity contribution in [3.8, 4) is 0 Å². The maximum absolute atomic E-state index is 5.35. The van der Waals surface area contributed by atoms with Gasteiger partial charge in [0.15, 0.2) is 0 Å². The zero-order valence-corrected chi connectivity index (χ0v) is 7.51. The summed E-state index contributed by atoms with van der Waals surface area (Å²) in [7, 11) is 0. The van der Waals surface area contributed by atoms with Crippen molar-refractivity contribution in [1.29, 1.82) is 0 Å². The Hall–Kier alpha value is -1.63. The number of nitrogen functional groups attached to an aromatic ring is 1. The second-order valence-electron chi connectivity index (χ2n) is 2.37. The van der Waals surface area contributed by atoms with Crippen molar-refractivity contribution in [3.63, 3.8) is 0 Å². The molecule has 2 heterocycles. The van der Waals surface area contributed by atoms with E-state index in [4.69, 9.17) is 5.73 Å². The summed E-state index contributed by atoms with van der Waals surface area (Å²) >= 11 is 1.58. The monoisotopic (exact) mass is 196 g/mol. The smallest absolute Gasteiger partial charge is 0.243 e. The second-order valence-corrected chi connectivity index (χ2v) is 3.34. The molecule has 0 atom stereocenters. The molecule has 0 aliphatic rings. The summed E-state index contributed by atoms with van der Waals surface area (Å²) in [5.41, 5.74) is 7.13. The molecule has 0 saturated heterocycles. The minimum absolute atomic E-state index is 0.312. The first-order valence-electron chi connectivity index (χ1n) is 3.64. The van der Waals surface area contributed by atoms with Gasteiger partial charge in [0.2, 0.25) is 11.9 Å². The highest BCUT2D eigenvalue weighted by Gasteiger charge is 1.99. The largest absolute Gasteiger partial charge is 0.368 e. The van der Waals surface area contributed by atoms with E-state index in [1.807, 2.05) is 0 Å². The summed E-state index contributed by atoms with van der Waals surface area (Å²) in [6.07, 6.45) is 1.80. The number of aromatic amines is 1. The number of aromatic nitrogens is 4. The third-order valence-electron chi connectivity index (χ3n) is 1.41. The van der Waals surface area contributed by atoms with E-state index in [0.717, 1.165) is 4.88 Å². The lowest BCUT2D eigenvalue weighted by atomic mass is 10.5. The molecule has 0 unspecified atom stereocenters. The molecule has 4 N–H and O–H groups in total. The van der Waals surface area contributed by atoms with Gasteiger partial charge in [0, 0.05) is 11.1 Å². The van der Waals surface area contributed by atoms with Crippen molar-refractivity contribution < 1.29 is 0 Å². The Labute approximate surface area is 78.2 Å². The molecule has 0 spiro atoms.